The highest BCUT2D eigenvalue weighted by atomic mass is 16.3. The smallest absolute Gasteiger partial charge is 0.240 e. The fourth-order valence-corrected chi connectivity index (χ4v) is 2.19. The van der Waals surface area contributed by atoms with E-state index in [0.717, 1.165) is 25.9 Å². The van der Waals surface area contributed by atoms with Crippen molar-refractivity contribution in [3.8, 4) is 0 Å². The molecule has 2 fully saturated rings. The van der Waals surface area contributed by atoms with Crippen LogP contribution < -0.4 is 5.32 Å². The van der Waals surface area contributed by atoms with Crippen LogP contribution in [-0.2, 0) is 4.79 Å². The molecule has 1 saturated carbocycles. The lowest BCUT2D eigenvalue weighted by atomic mass is 10.2. The summed E-state index contributed by atoms with van der Waals surface area (Å²) in [6.07, 6.45) is 2.85. The molecule has 0 bridgehead atoms. The van der Waals surface area contributed by atoms with Gasteiger partial charge in [-0.3, -0.25) is 4.79 Å². The lowest BCUT2D eigenvalue weighted by Crippen LogP contribution is -2.45. The third-order valence-corrected chi connectivity index (χ3v) is 3.21. The molecule has 0 radical (unpaired) electrons. The molecule has 4 heteroatoms. The number of hydrogen-bond donors (Lipinski definition) is 2. The highest BCUT2D eigenvalue weighted by Gasteiger charge is 2.37. The maximum absolute atomic E-state index is 12.1. The van der Waals surface area contributed by atoms with Gasteiger partial charge in [-0.2, -0.15) is 0 Å². The van der Waals surface area contributed by atoms with Crippen LogP contribution in [0.4, 0.5) is 0 Å². The summed E-state index contributed by atoms with van der Waals surface area (Å²) in [7, 11) is 0. The number of aliphatic hydroxyl groups is 1. The van der Waals surface area contributed by atoms with E-state index in [0.29, 0.717) is 18.4 Å². The van der Waals surface area contributed by atoms with E-state index in [-0.39, 0.29) is 18.6 Å². The van der Waals surface area contributed by atoms with Crippen molar-refractivity contribution in [1.29, 1.82) is 0 Å². The maximum Gasteiger partial charge on any atom is 0.240 e. The summed E-state index contributed by atoms with van der Waals surface area (Å²) in [5.74, 6) is 0.703. The predicted molar refractivity (Wildman–Crippen MR) is 57.4 cm³/mol. The second-order valence-electron chi connectivity index (χ2n) is 4.80. The van der Waals surface area contributed by atoms with Crippen molar-refractivity contribution < 1.29 is 9.90 Å². The molecule has 0 aromatic carbocycles. The summed E-state index contributed by atoms with van der Waals surface area (Å²) in [6, 6.07) is 0.321. The van der Waals surface area contributed by atoms with E-state index in [9.17, 15) is 4.79 Å². The van der Waals surface area contributed by atoms with Gasteiger partial charge in [0.1, 0.15) is 0 Å². The van der Waals surface area contributed by atoms with Gasteiger partial charge < -0.3 is 15.3 Å². The molecule has 1 amide bonds. The number of nitrogens with zero attached hydrogens (tertiary/aromatic N) is 1. The molecule has 2 atom stereocenters. The Labute approximate surface area is 90.6 Å². The van der Waals surface area contributed by atoms with Gasteiger partial charge in [-0.25, -0.2) is 0 Å². The average molecular weight is 212 g/mol. The first-order valence-electron chi connectivity index (χ1n) is 5.87. The second kappa shape index (κ2) is 4.49. The Hall–Kier alpha value is -0.610. The Morgan fingerprint density at radius 1 is 1.53 bits per heavy atom. The van der Waals surface area contributed by atoms with E-state index >= 15 is 0 Å². The van der Waals surface area contributed by atoms with Gasteiger partial charge in [-0.05, 0) is 25.2 Å². The zero-order chi connectivity index (χ0) is 10.8. The third kappa shape index (κ3) is 2.49. The van der Waals surface area contributed by atoms with Crippen LogP contribution >= 0.6 is 0 Å². The number of carbonyl (C=O) groups excluding carboxylic acids is 1. The molecule has 0 spiro atoms. The number of hydrogen-bond acceptors (Lipinski definition) is 3. The van der Waals surface area contributed by atoms with E-state index in [1.807, 2.05) is 4.90 Å². The fraction of sp³-hybridized carbons (Fsp3) is 0.909. The van der Waals surface area contributed by atoms with Crippen LogP contribution in [-0.4, -0.2) is 47.7 Å². The Morgan fingerprint density at radius 2 is 2.27 bits per heavy atom. The van der Waals surface area contributed by atoms with Crippen LogP contribution in [0.15, 0.2) is 0 Å². The number of amides is 1. The Kier molecular flexibility index (Phi) is 3.26. The molecule has 2 N–H and O–H groups in total. The molecule has 4 nitrogen and oxygen atoms in total. The molecule has 86 valence electrons. The summed E-state index contributed by atoms with van der Waals surface area (Å²) in [6.45, 7) is 3.99. The predicted octanol–water partition coefficient (Wildman–Crippen LogP) is -0.0323. The van der Waals surface area contributed by atoms with Crippen molar-refractivity contribution in [2.24, 2.45) is 5.92 Å². The molecule has 0 aromatic rings. The van der Waals surface area contributed by atoms with Gasteiger partial charge in [-0.1, -0.05) is 6.92 Å². The van der Waals surface area contributed by atoms with Crippen LogP contribution in [0.3, 0.4) is 0 Å². The summed E-state index contributed by atoms with van der Waals surface area (Å²) >= 11 is 0. The van der Waals surface area contributed by atoms with E-state index in [4.69, 9.17) is 5.11 Å². The highest BCUT2D eigenvalue weighted by Crippen LogP contribution is 2.29. The second-order valence-corrected chi connectivity index (χ2v) is 4.80. The summed E-state index contributed by atoms with van der Waals surface area (Å²) < 4.78 is 0. The minimum atomic E-state index is -0.166. The topological polar surface area (TPSA) is 52.6 Å². The van der Waals surface area contributed by atoms with E-state index < -0.39 is 0 Å². The largest absolute Gasteiger partial charge is 0.396 e. The summed E-state index contributed by atoms with van der Waals surface area (Å²) in [4.78, 5) is 14.1. The average Bonchev–Trinajstić information content (AvgIpc) is 3.02. The van der Waals surface area contributed by atoms with Crippen molar-refractivity contribution in [3.05, 3.63) is 0 Å². The van der Waals surface area contributed by atoms with Crippen molar-refractivity contribution in [3.63, 3.8) is 0 Å². The molecule has 2 rings (SSSR count). The Bertz CT molecular complexity index is 241. The van der Waals surface area contributed by atoms with Crippen molar-refractivity contribution >= 4 is 5.91 Å². The molecule has 0 aromatic heterocycles. The zero-order valence-electron chi connectivity index (χ0n) is 9.28. The molecular formula is C11H20N2O2. The normalized spacial score (nSPS) is 32.9. The summed E-state index contributed by atoms with van der Waals surface area (Å²) in [5.41, 5.74) is 0. The first kappa shape index (κ1) is 10.9. The number of rotatable bonds is 3. The van der Waals surface area contributed by atoms with Gasteiger partial charge in [0, 0.05) is 25.7 Å². The molecular weight excluding hydrogens is 192 g/mol. The Balaban J connectivity index is 2.04. The van der Waals surface area contributed by atoms with Gasteiger partial charge in [0.2, 0.25) is 5.91 Å². The number of nitrogens with one attached hydrogen (secondary N) is 1. The molecule has 1 heterocycles. The van der Waals surface area contributed by atoms with Crippen molar-refractivity contribution in [2.75, 3.05) is 19.7 Å². The molecule has 1 aliphatic heterocycles. The van der Waals surface area contributed by atoms with E-state index in [1.165, 1.54) is 0 Å². The van der Waals surface area contributed by atoms with E-state index in [2.05, 4.69) is 12.2 Å². The van der Waals surface area contributed by atoms with Gasteiger partial charge in [0.25, 0.3) is 0 Å². The highest BCUT2D eigenvalue weighted by molar-refractivity contribution is 5.82. The van der Waals surface area contributed by atoms with Gasteiger partial charge in [0.05, 0.1) is 6.04 Å². The van der Waals surface area contributed by atoms with Crippen LogP contribution in [0, 0.1) is 5.92 Å². The lowest BCUT2D eigenvalue weighted by molar-refractivity contribution is -0.133. The van der Waals surface area contributed by atoms with Crippen molar-refractivity contribution in [1.82, 2.24) is 10.2 Å². The molecule has 15 heavy (non-hydrogen) atoms. The van der Waals surface area contributed by atoms with Gasteiger partial charge in [0.15, 0.2) is 0 Å². The zero-order valence-corrected chi connectivity index (χ0v) is 9.28. The maximum atomic E-state index is 12.1. The number of carbonyl (C=O) groups is 1. The van der Waals surface area contributed by atoms with Crippen LogP contribution in [0.2, 0.25) is 0 Å². The monoisotopic (exact) mass is 212 g/mol. The minimum Gasteiger partial charge on any atom is -0.396 e. The molecule has 2 unspecified atom stereocenters. The first-order valence-corrected chi connectivity index (χ1v) is 5.87. The summed E-state index contributed by atoms with van der Waals surface area (Å²) in [5, 5.41) is 12.2. The molecule has 1 saturated heterocycles. The van der Waals surface area contributed by atoms with Gasteiger partial charge in [-0.15, -0.1) is 0 Å². The SMILES string of the molecule is CC1CNC(CCO)C(=O)N(C2CC2)C1. The fourth-order valence-electron chi connectivity index (χ4n) is 2.19. The number of aliphatic hydroxyl groups excluding tert-OH is 1. The third-order valence-electron chi connectivity index (χ3n) is 3.21. The lowest BCUT2D eigenvalue weighted by Gasteiger charge is -2.24. The molecule has 1 aliphatic carbocycles. The van der Waals surface area contributed by atoms with Gasteiger partial charge >= 0.3 is 0 Å². The van der Waals surface area contributed by atoms with E-state index in [1.54, 1.807) is 0 Å². The van der Waals surface area contributed by atoms with Crippen LogP contribution in [0.1, 0.15) is 26.2 Å². The first-order chi connectivity index (χ1) is 7.22. The quantitative estimate of drug-likeness (QED) is 0.690. The van der Waals surface area contributed by atoms with Crippen LogP contribution in [0.25, 0.3) is 0 Å². The minimum absolute atomic E-state index is 0.0797. The van der Waals surface area contributed by atoms with Crippen molar-refractivity contribution in [2.45, 2.75) is 38.3 Å². The standard InChI is InChI=1S/C11H20N2O2/c1-8-6-12-10(4-5-14)11(15)13(7-8)9-2-3-9/h8-10,12,14H,2-7H2,1H3. The Morgan fingerprint density at radius 3 is 2.87 bits per heavy atom. The van der Waals surface area contributed by atoms with Crippen LogP contribution in [0.5, 0.6) is 0 Å². The molecule has 2 aliphatic rings.